The largest absolute Gasteiger partial charge is 0.359 e. The van der Waals surface area contributed by atoms with Crippen LogP contribution in [0.2, 0.25) is 0 Å². The second-order valence-corrected chi connectivity index (χ2v) is 3.86. The standard InChI is InChI=1S/C13H20N2O/c1-11(12-7-4-3-5-8-12)15-10-6-9-13(16)14-2/h3-5,7-8,11,15H,6,9-10H2,1-2H3,(H,14,16). The highest BCUT2D eigenvalue weighted by atomic mass is 16.1. The lowest BCUT2D eigenvalue weighted by molar-refractivity contribution is -0.120. The van der Waals surface area contributed by atoms with Crippen LogP contribution >= 0.6 is 0 Å². The second-order valence-electron chi connectivity index (χ2n) is 3.86. The molecule has 0 heterocycles. The van der Waals surface area contributed by atoms with E-state index in [0.717, 1.165) is 13.0 Å². The summed E-state index contributed by atoms with van der Waals surface area (Å²) in [7, 11) is 1.67. The van der Waals surface area contributed by atoms with Crippen LogP contribution in [0.1, 0.15) is 31.4 Å². The molecular weight excluding hydrogens is 200 g/mol. The van der Waals surface area contributed by atoms with E-state index < -0.39 is 0 Å². The highest BCUT2D eigenvalue weighted by Gasteiger charge is 2.03. The van der Waals surface area contributed by atoms with E-state index >= 15 is 0 Å². The molecular formula is C13H20N2O. The summed E-state index contributed by atoms with van der Waals surface area (Å²) in [5.41, 5.74) is 1.28. The van der Waals surface area contributed by atoms with Crippen LogP contribution in [0.3, 0.4) is 0 Å². The highest BCUT2D eigenvalue weighted by molar-refractivity contribution is 5.75. The fourth-order valence-electron chi connectivity index (χ4n) is 1.55. The molecule has 0 spiro atoms. The van der Waals surface area contributed by atoms with E-state index in [2.05, 4.69) is 29.7 Å². The van der Waals surface area contributed by atoms with E-state index in [1.165, 1.54) is 5.56 Å². The minimum Gasteiger partial charge on any atom is -0.359 e. The Balaban J connectivity index is 2.21. The summed E-state index contributed by atoms with van der Waals surface area (Å²) in [5.74, 6) is 0.106. The molecule has 0 fully saturated rings. The van der Waals surface area contributed by atoms with Crippen molar-refractivity contribution in [1.29, 1.82) is 0 Å². The molecule has 1 atom stereocenters. The maximum atomic E-state index is 11.0. The summed E-state index contributed by atoms with van der Waals surface area (Å²) in [6, 6.07) is 10.6. The lowest BCUT2D eigenvalue weighted by Crippen LogP contribution is -2.23. The van der Waals surface area contributed by atoms with E-state index in [1.807, 2.05) is 18.2 Å². The number of benzene rings is 1. The number of amides is 1. The molecule has 0 saturated heterocycles. The van der Waals surface area contributed by atoms with Crippen molar-refractivity contribution >= 4 is 5.91 Å². The molecule has 1 unspecified atom stereocenters. The van der Waals surface area contributed by atoms with Crippen molar-refractivity contribution in [2.75, 3.05) is 13.6 Å². The zero-order chi connectivity index (χ0) is 11.8. The number of hydrogen-bond donors (Lipinski definition) is 2. The molecule has 88 valence electrons. The van der Waals surface area contributed by atoms with Gasteiger partial charge in [-0.15, -0.1) is 0 Å². The topological polar surface area (TPSA) is 41.1 Å². The van der Waals surface area contributed by atoms with Gasteiger partial charge in [0, 0.05) is 19.5 Å². The van der Waals surface area contributed by atoms with Crippen molar-refractivity contribution < 1.29 is 4.79 Å². The third-order valence-corrected chi connectivity index (χ3v) is 2.61. The SMILES string of the molecule is CNC(=O)CCCNC(C)c1ccccc1. The maximum Gasteiger partial charge on any atom is 0.219 e. The van der Waals surface area contributed by atoms with Crippen LogP contribution in [0.15, 0.2) is 30.3 Å². The first kappa shape index (κ1) is 12.7. The predicted octanol–water partition coefficient (Wildman–Crippen LogP) is 1.86. The van der Waals surface area contributed by atoms with Gasteiger partial charge in [-0.2, -0.15) is 0 Å². The third-order valence-electron chi connectivity index (χ3n) is 2.61. The van der Waals surface area contributed by atoms with Crippen molar-refractivity contribution in [3.8, 4) is 0 Å². The van der Waals surface area contributed by atoms with Crippen molar-refractivity contribution in [3.05, 3.63) is 35.9 Å². The van der Waals surface area contributed by atoms with E-state index in [1.54, 1.807) is 7.05 Å². The molecule has 1 amide bonds. The minimum absolute atomic E-state index is 0.106. The Labute approximate surface area is 97.2 Å². The smallest absolute Gasteiger partial charge is 0.219 e. The zero-order valence-electron chi connectivity index (χ0n) is 9.99. The van der Waals surface area contributed by atoms with Crippen LogP contribution < -0.4 is 10.6 Å². The van der Waals surface area contributed by atoms with Gasteiger partial charge in [0.1, 0.15) is 0 Å². The lowest BCUT2D eigenvalue weighted by atomic mass is 10.1. The second kappa shape index (κ2) is 7.01. The van der Waals surface area contributed by atoms with Crippen molar-refractivity contribution in [1.82, 2.24) is 10.6 Å². The van der Waals surface area contributed by atoms with Crippen LogP contribution in [0.25, 0.3) is 0 Å². The van der Waals surface area contributed by atoms with Crippen LogP contribution in [0, 0.1) is 0 Å². The Morgan fingerprint density at radius 1 is 1.31 bits per heavy atom. The number of carbonyl (C=O) groups excluding carboxylic acids is 1. The molecule has 0 bridgehead atoms. The van der Waals surface area contributed by atoms with Gasteiger partial charge in [0.15, 0.2) is 0 Å². The van der Waals surface area contributed by atoms with Crippen molar-refractivity contribution in [3.63, 3.8) is 0 Å². The number of hydrogen-bond acceptors (Lipinski definition) is 2. The summed E-state index contributed by atoms with van der Waals surface area (Å²) in [6.07, 6.45) is 1.46. The quantitative estimate of drug-likeness (QED) is 0.718. The number of nitrogens with one attached hydrogen (secondary N) is 2. The average molecular weight is 220 g/mol. The maximum absolute atomic E-state index is 11.0. The highest BCUT2D eigenvalue weighted by Crippen LogP contribution is 2.10. The fraction of sp³-hybridized carbons (Fsp3) is 0.462. The van der Waals surface area contributed by atoms with Gasteiger partial charge in [0.05, 0.1) is 0 Å². The summed E-state index contributed by atoms with van der Waals surface area (Å²) in [5, 5.41) is 6.02. The van der Waals surface area contributed by atoms with Gasteiger partial charge in [-0.05, 0) is 25.5 Å². The monoisotopic (exact) mass is 220 g/mol. The Morgan fingerprint density at radius 2 is 2.00 bits per heavy atom. The van der Waals surface area contributed by atoms with E-state index in [0.29, 0.717) is 12.5 Å². The van der Waals surface area contributed by atoms with Crippen molar-refractivity contribution in [2.24, 2.45) is 0 Å². The Morgan fingerprint density at radius 3 is 2.62 bits per heavy atom. The minimum atomic E-state index is 0.106. The molecule has 0 aliphatic carbocycles. The Kier molecular flexibility index (Phi) is 5.57. The molecule has 0 radical (unpaired) electrons. The van der Waals surface area contributed by atoms with E-state index in [9.17, 15) is 4.79 Å². The molecule has 0 aliphatic rings. The first-order valence-electron chi connectivity index (χ1n) is 5.73. The van der Waals surface area contributed by atoms with Crippen molar-refractivity contribution in [2.45, 2.75) is 25.8 Å². The molecule has 0 aliphatic heterocycles. The molecule has 16 heavy (non-hydrogen) atoms. The summed E-state index contributed by atoms with van der Waals surface area (Å²) >= 11 is 0. The molecule has 0 saturated carbocycles. The van der Waals surface area contributed by atoms with Crippen LogP contribution in [0.4, 0.5) is 0 Å². The molecule has 3 nitrogen and oxygen atoms in total. The summed E-state index contributed by atoms with van der Waals surface area (Å²) < 4.78 is 0. The molecule has 3 heteroatoms. The number of rotatable bonds is 6. The molecule has 0 aromatic heterocycles. The predicted molar refractivity (Wildman–Crippen MR) is 66.2 cm³/mol. The van der Waals surface area contributed by atoms with Gasteiger partial charge in [0.2, 0.25) is 5.91 Å². The summed E-state index contributed by atoms with van der Waals surface area (Å²) in [6.45, 7) is 3.00. The van der Waals surface area contributed by atoms with Gasteiger partial charge in [-0.3, -0.25) is 4.79 Å². The normalized spacial score (nSPS) is 12.1. The van der Waals surface area contributed by atoms with Gasteiger partial charge in [-0.1, -0.05) is 30.3 Å². The third kappa shape index (κ3) is 4.45. The molecule has 1 rings (SSSR count). The molecule has 1 aromatic rings. The van der Waals surface area contributed by atoms with Crippen LogP contribution in [-0.2, 0) is 4.79 Å². The fourth-order valence-corrected chi connectivity index (χ4v) is 1.55. The Hall–Kier alpha value is -1.35. The van der Waals surface area contributed by atoms with Crippen LogP contribution in [0.5, 0.6) is 0 Å². The van der Waals surface area contributed by atoms with Crippen LogP contribution in [-0.4, -0.2) is 19.5 Å². The molecule has 1 aromatic carbocycles. The van der Waals surface area contributed by atoms with Gasteiger partial charge in [-0.25, -0.2) is 0 Å². The van der Waals surface area contributed by atoms with Gasteiger partial charge >= 0.3 is 0 Å². The number of carbonyl (C=O) groups is 1. The Bertz CT molecular complexity index is 311. The first-order valence-corrected chi connectivity index (χ1v) is 5.73. The van der Waals surface area contributed by atoms with Gasteiger partial charge < -0.3 is 10.6 Å². The molecule has 2 N–H and O–H groups in total. The van der Waals surface area contributed by atoms with E-state index in [4.69, 9.17) is 0 Å². The summed E-state index contributed by atoms with van der Waals surface area (Å²) in [4.78, 5) is 11.0. The zero-order valence-corrected chi connectivity index (χ0v) is 9.99. The average Bonchev–Trinajstić information content (AvgIpc) is 2.35. The first-order chi connectivity index (χ1) is 7.74. The van der Waals surface area contributed by atoms with Gasteiger partial charge in [0.25, 0.3) is 0 Å². The lowest BCUT2D eigenvalue weighted by Gasteiger charge is -2.13. The van der Waals surface area contributed by atoms with E-state index in [-0.39, 0.29) is 5.91 Å².